The van der Waals surface area contributed by atoms with Gasteiger partial charge in [0.05, 0.1) is 17.2 Å². The van der Waals surface area contributed by atoms with Crippen molar-refractivity contribution >= 4 is 29.7 Å². The standard InChI is InChI=1S/C7H11N3OS.ClH/c1-9-7(11)6(8)2-5-3-12-4-10-5;/h3-4,6H,2,8H2,1H3,(H,9,11);1H. The summed E-state index contributed by atoms with van der Waals surface area (Å²) in [5, 5.41) is 4.38. The van der Waals surface area contributed by atoms with Gasteiger partial charge in [0.2, 0.25) is 5.91 Å². The van der Waals surface area contributed by atoms with E-state index in [-0.39, 0.29) is 18.3 Å². The van der Waals surface area contributed by atoms with Crippen molar-refractivity contribution in [2.24, 2.45) is 5.73 Å². The molecular formula is C7H12ClN3OS. The number of thiazole rings is 1. The minimum Gasteiger partial charge on any atom is -0.358 e. The Balaban J connectivity index is 0.00000144. The second-order valence-corrected chi connectivity index (χ2v) is 3.12. The van der Waals surface area contributed by atoms with Gasteiger partial charge in [0, 0.05) is 18.8 Å². The van der Waals surface area contributed by atoms with Gasteiger partial charge in [0.25, 0.3) is 0 Å². The van der Waals surface area contributed by atoms with Crippen molar-refractivity contribution in [2.75, 3.05) is 7.05 Å². The number of hydrogen-bond acceptors (Lipinski definition) is 4. The second-order valence-electron chi connectivity index (χ2n) is 2.40. The van der Waals surface area contributed by atoms with Crippen molar-refractivity contribution in [1.82, 2.24) is 10.3 Å². The number of rotatable bonds is 3. The molecule has 0 fully saturated rings. The SMILES string of the molecule is CNC(=O)C(N)Cc1cscn1.Cl. The van der Waals surface area contributed by atoms with Crippen LogP contribution in [-0.4, -0.2) is 24.0 Å². The Morgan fingerprint density at radius 1 is 1.85 bits per heavy atom. The van der Waals surface area contributed by atoms with E-state index in [0.717, 1.165) is 5.69 Å². The third-order valence-corrected chi connectivity index (χ3v) is 2.13. The highest BCUT2D eigenvalue weighted by Crippen LogP contribution is 2.03. The fourth-order valence-electron chi connectivity index (χ4n) is 0.842. The number of hydrogen-bond donors (Lipinski definition) is 2. The maximum absolute atomic E-state index is 11.0. The molecular weight excluding hydrogens is 210 g/mol. The first-order valence-electron chi connectivity index (χ1n) is 3.58. The monoisotopic (exact) mass is 221 g/mol. The summed E-state index contributed by atoms with van der Waals surface area (Å²) in [7, 11) is 1.57. The van der Waals surface area contributed by atoms with Crippen LogP contribution in [0.4, 0.5) is 0 Å². The lowest BCUT2D eigenvalue weighted by Crippen LogP contribution is -2.40. The molecule has 0 radical (unpaired) electrons. The van der Waals surface area contributed by atoms with Gasteiger partial charge in [0.1, 0.15) is 0 Å². The molecule has 0 spiro atoms. The molecule has 0 aliphatic carbocycles. The van der Waals surface area contributed by atoms with Crippen LogP contribution in [0.5, 0.6) is 0 Å². The number of nitrogens with two attached hydrogens (primary N) is 1. The molecule has 0 saturated heterocycles. The van der Waals surface area contributed by atoms with Crippen LogP contribution in [0.3, 0.4) is 0 Å². The molecule has 1 atom stereocenters. The Hall–Kier alpha value is -0.650. The van der Waals surface area contributed by atoms with Gasteiger partial charge >= 0.3 is 0 Å². The van der Waals surface area contributed by atoms with Crippen molar-refractivity contribution in [3.63, 3.8) is 0 Å². The smallest absolute Gasteiger partial charge is 0.237 e. The highest BCUT2D eigenvalue weighted by atomic mass is 35.5. The third-order valence-electron chi connectivity index (χ3n) is 1.50. The van der Waals surface area contributed by atoms with Crippen molar-refractivity contribution in [3.05, 3.63) is 16.6 Å². The van der Waals surface area contributed by atoms with Crippen molar-refractivity contribution in [3.8, 4) is 0 Å². The Kier molecular flexibility index (Phi) is 5.61. The summed E-state index contributed by atoms with van der Waals surface area (Å²) in [5.74, 6) is -0.150. The average molecular weight is 222 g/mol. The first-order chi connectivity index (χ1) is 5.74. The molecule has 13 heavy (non-hydrogen) atoms. The number of carbonyl (C=O) groups is 1. The molecule has 6 heteroatoms. The zero-order valence-corrected chi connectivity index (χ0v) is 8.82. The predicted octanol–water partition coefficient (Wildman–Crippen LogP) is 0.181. The average Bonchev–Trinajstić information content (AvgIpc) is 2.55. The number of nitrogens with zero attached hydrogens (tertiary/aromatic N) is 1. The van der Waals surface area contributed by atoms with Gasteiger partial charge < -0.3 is 11.1 Å². The summed E-state index contributed by atoms with van der Waals surface area (Å²) in [4.78, 5) is 15.0. The zero-order chi connectivity index (χ0) is 8.97. The van der Waals surface area contributed by atoms with Gasteiger partial charge in [-0.2, -0.15) is 0 Å². The van der Waals surface area contributed by atoms with Gasteiger partial charge in [-0.15, -0.1) is 23.7 Å². The van der Waals surface area contributed by atoms with Crippen molar-refractivity contribution < 1.29 is 4.79 Å². The van der Waals surface area contributed by atoms with E-state index in [4.69, 9.17) is 5.73 Å². The van der Waals surface area contributed by atoms with E-state index in [2.05, 4.69) is 10.3 Å². The van der Waals surface area contributed by atoms with Crippen LogP contribution >= 0.6 is 23.7 Å². The Labute approximate surface area is 87.0 Å². The highest BCUT2D eigenvalue weighted by molar-refractivity contribution is 7.07. The van der Waals surface area contributed by atoms with E-state index in [9.17, 15) is 4.79 Å². The van der Waals surface area contributed by atoms with Gasteiger partial charge in [-0.3, -0.25) is 4.79 Å². The lowest BCUT2D eigenvalue weighted by Gasteiger charge is -2.06. The van der Waals surface area contributed by atoms with Gasteiger partial charge in [-0.05, 0) is 0 Å². The molecule has 1 heterocycles. The molecule has 1 aromatic heterocycles. The van der Waals surface area contributed by atoms with Crippen molar-refractivity contribution in [2.45, 2.75) is 12.5 Å². The molecule has 1 unspecified atom stereocenters. The summed E-state index contributed by atoms with van der Waals surface area (Å²) >= 11 is 1.50. The molecule has 74 valence electrons. The normalized spacial score (nSPS) is 11.5. The van der Waals surface area contributed by atoms with Gasteiger partial charge in [-0.1, -0.05) is 0 Å². The highest BCUT2D eigenvalue weighted by Gasteiger charge is 2.12. The molecule has 0 bridgehead atoms. The number of carbonyl (C=O) groups excluding carboxylic acids is 1. The number of nitrogens with one attached hydrogen (secondary N) is 1. The topological polar surface area (TPSA) is 68.0 Å². The Bertz CT molecular complexity index is 252. The van der Waals surface area contributed by atoms with Crippen LogP contribution < -0.4 is 11.1 Å². The van der Waals surface area contributed by atoms with Crippen LogP contribution in [0.2, 0.25) is 0 Å². The number of halogens is 1. The fraction of sp³-hybridized carbons (Fsp3) is 0.429. The van der Waals surface area contributed by atoms with Gasteiger partial charge in [-0.25, -0.2) is 4.98 Å². The fourth-order valence-corrected chi connectivity index (χ4v) is 1.41. The third kappa shape index (κ3) is 3.71. The van der Waals surface area contributed by atoms with Crippen LogP contribution in [0, 0.1) is 0 Å². The lowest BCUT2D eigenvalue weighted by molar-refractivity contribution is -0.121. The van der Waals surface area contributed by atoms with E-state index in [0.29, 0.717) is 6.42 Å². The number of likely N-dealkylation sites (N-methyl/N-ethyl adjacent to an activating group) is 1. The summed E-state index contributed by atoms with van der Waals surface area (Å²) < 4.78 is 0. The maximum Gasteiger partial charge on any atom is 0.237 e. The van der Waals surface area contributed by atoms with Crippen LogP contribution in [0.25, 0.3) is 0 Å². The summed E-state index contributed by atoms with van der Waals surface area (Å²) in [6, 6.07) is -0.489. The molecule has 0 aliphatic heterocycles. The molecule has 0 aromatic carbocycles. The molecule has 1 rings (SSSR count). The summed E-state index contributed by atoms with van der Waals surface area (Å²) in [5.41, 5.74) is 8.17. The van der Waals surface area contributed by atoms with E-state index in [1.54, 1.807) is 12.6 Å². The molecule has 1 amide bonds. The number of aromatic nitrogens is 1. The Morgan fingerprint density at radius 2 is 2.54 bits per heavy atom. The first-order valence-corrected chi connectivity index (χ1v) is 4.52. The Morgan fingerprint density at radius 3 is 3.00 bits per heavy atom. The van der Waals surface area contributed by atoms with E-state index in [1.165, 1.54) is 11.3 Å². The second kappa shape index (κ2) is 5.90. The van der Waals surface area contributed by atoms with E-state index in [1.807, 2.05) is 5.38 Å². The lowest BCUT2D eigenvalue weighted by atomic mass is 10.2. The van der Waals surface area contributed by atoms with Crippen LogP contribution in [-0.2, 0) is 11.2 Å². The molecule has 0 aliphatic rings. The molecule has 4 nitrogen and oxygen atoms in total. The number of amides is 1. The van der Waals surface area contributed by atoms with E-state index < -0.39 is 6.04 Å². The maximum atomic E-state index is 11.0. The predicted molar refractivity (Wildman–Crippen MR) is 55.1 cm³/mol. The van der Waals surface area contributed by atoms with Gasteiger partial charge in [0.15, 0.2) is 0 Å². The summed E-state index contributed by atoms with van der Waals surface area (Å²) in [6.45, 7) is 0. The molecule has 3 N–H and O–H groups in total. The molecule has 0 saturated carbocycles. The van der Waals surface area contributed by atoms with E-state index >= 15 is 0 Å². The molecule has 1 aromatic rings. The van der Waals surface area contributed by atoms with Crippen molar-refractivity contribution in [1.29, 1.82) is 0 Å². The quantitative estimate of drug-likeness (QED) is 0.765. The first kappa shape index (κ1) is 12.3. The minimum atomic E-state index is -0.489. The largest absolute Gasteiger partial charge is 0.358 e. The zero-order valence-electron chi connectivity index (χ0n) is 7.19. The summed E-state index contributed by atoms with van der Waals surface area (Å²) in [6.07, 6.45) is 0.503. The minimum absolute atomic E-state index is 0. The van der Waals surface area contributed by atoms with Crippen LogP contribution in [0.1, 0.15) is 5.69 Å². The van der Waals surface area contributed by atoms with Crippen LogP contribution in [0.15, 0.2) is 10.9 Å².